The van der Waals surface area contributed by atoms with Gasteiger partial charge in [0.05, 0.1) is 11.2 Å². The summed E-state index contributed by atoms with van der Waals surface area (Å²) in [5, 5.41) is 5.25. The van der Waals surface area contributed by atoms with Gasteiger partial charge in [0.15, 0.2) is 5.82 Å². The molecule has 0 unspecified atom stereocenters. The monoisotopic (exact) mass is 280 g/mol. The summed E-state index contributed by atoms with van der Waals surface area (Å²) in [6.07, 6.45) is 0.846. The molecule has 0 spiro atoms. The van der Waals surface area contributed by atoms with E-state index < -0.39 is 0 Å². The van der Waals surface area contributed by atoms with E-state index in [-0.39, 0.29) is 0 Å². The molecular weight excluding hydrogens is 264 g/mol. The number of nitrogens with one attached hydrogen (secondary N) is 2. The molecule has 7 nitrogen and oxygen atoms in total. The molecule has 2 aromatic rings. The van der Waals surface area contributed by atoms with Gasteiger partial charge in [0.2, 0.25) is 0 Å². The molecule has 0 aromatic carbocycles. The lowest BCUT2D eigenvalue weighted by Crippen LogP contribution is -2.13. The minimum Gasteiger partial charge on any atom is -0.377 e. The van der Waals surface area contributed by atoms with Gasteiger partial charge in [-0.1, -0.05) is 0 Å². The summed E-state index contributed by atoms with van der Waals surface area (Å²) in [6, 6.07) is 1.75. The lowest BCUT2D eigenvalue weighted by atomic mass is 10.3. The highest BCUT2D eigenvalue weighted by Crippen LogP contribution is 2.11. The van der Waals surface area contributed by atoms with Crippen molar-refractivity contribution in [3.8, 4) is 0 Å². The third kappa shape index (κ3) is 4.12. The van der Waals surface area contributed by atoms with Crippen LogP contribution in [0, 0.1) is 0 Å². The Labute approximate surface area is 115 Å². The van der Waals surface area contributed by atoms with Crippen LogP contribution in [0.1, 0.15) is 11.5 Å². The van der Waals surface area contributed by atoms with Crippen molar-refractivity contribution < 1.29 is 4.74 Å². The summed E-state index contributed by atoms with van der Waals surface area (Å²) >= 11 is 1.59. The van der Waals surface area contributed by atoms with Gasteiger partial charge in [0.1, 0.15) is 18.2 Å². The fraction of sp³-hybridized carbons (Fsp3) is 0.364. The number of anilines is 2. The van der Waals surface area contributed by atoms with Crippen LogP contribution in [-0.2, 0) is 17.8 Å². The Balaban J connectivity index is 1.96. The highest BCUT2D eigenvalue weighted by atomic mass is 32.1. The van der Waals surface area contributed by atoms with E-state index in [9.17, 15) is 0 Å². The number of hydrazine groups is 1. The zero-order valence-electron chi connectivity index (χ0n) is 10.6. The van der Waals surface area contributed by atoms with Crippen molar-refractivity contribution >= 4 is 23.0 Å². The van der Waals surface area contributed by atoms with E-state index in [1.54, 1.807) is 24.5 Å². The lowest BCUT2D eigenvalue weighted by molar-refractivity contribution is 0.178. The summed E-state index contributed by atoms with van der Waals surface area (Å²) in [5.74, 6) is 7.22. The normalized spacial score (nSPS) is 10.4. The van der Waals surface area contributed by atoms with Crippen LogP contribution < -0.4 is 16.6 Å². The average Bonchev–Trinajstić information content (AvgIpc) is 2.92. The van der Waals surface area contributed by atoms with Gasteiger partial charge in [-0.15, -0.1) is 11.3 Å². The molecule has 8 heteroatoms. The van der Waals surface area contributed by atoms with Crippen LogP contribution in [0.5, 0.6) is 0 Å². The van der Waals surface area contributed by atoms with E-state index in [0.717, 1.165) is 18.7 Å². The van der Waals surface area contributed by atoms with E-state index >= 15 is 0 Å². The highest BCUT2D eigenvalue weighted by Gasteiger charge is 2.04. The van der Waals surface area contributed by atoms with Crippen LogP contribution in [0.2, 0.25) is 0 Å². The number of nitrogens with zero attached hydrogens (tertiary/aromatic N) is 3. The number of thiazole rings is 1. The smallest absolute Gasteiger partial charge is 0.158 e. The number of nitrogens with two attached hydrogens (primary N) is 1. The highest BCUT2D eigenvalue weighted by molar-refractivity contribution is 7.07. The summed E-state index contributed by atoms with van der Waals surface area (Å²) in [6.45, 7) is 1.09. The third-order valence-electron chi connectivity index (χ3n) is 2.36. The molecule has 2 aromatic heterocycles. The van der Waals surface area contributed by atoms with Gasteiger partial charge < -0.3 is 15.5 Å². The van der Waals surface area contributed by atoms with Crippen LogP contribution in [0.25, 0.3) is 0 Å². The number of hydrogen-bond donors (Lipinski definition) is 3. The maximum absolute atomic E-state index is 5.37. The first kappa shape index (κ1) is 13.7. The molecular formula is C11H16N6OS. The molecule has 4 N–H and O–H groups in total. The molecule has 0 saturated carbocycles. The predicted octanol–water partition coefficient (Wildman–Crippen LogP) is 1.02. The Morgan fingerprint density at radius 1 is 1.37 bits per heavy atom. The Hall–Kier alpha value is -1.77. The minimum atomic E-state index is 0.344. The number of ether oxygens (including phenoxy) is 1. The standard InChI is InChI=1S/C11H16N6OS/c1-18-5-11-15-9(4-10(16-11)17-12)13-3-2-8-6-19-7-14-8/h4,6-7H,2-3,5,12H2,1H3,(H2,13,15,16,17). The van der Waals surface area contributed by atoms with Crippen molar-refractivity contribution in [2.45, 2.75) is 13.0 Å². The van der Waals surface area contributed by atoms with E-state index in [4.69, 9.17) is 10.6 Å². The largest absolute Gasteiger partial charge is 0.377 e. The second-order valence-electron chi connectivity index (χ2n) is 3.79. The predicted molar refractivity (Wildman–Crippen MR) is 74.9 cm³/mol. The molecule has 0 bridgehead atoms. The number of methoxy groups -OCH3 is 1. The van der Waals surface area contributed by atoms with Crippen LogP contribution in [-0.4, -0.2) is 28.6 Å². The van der Waals surface area contributed by atoms with Gasteiger partial charge in [-0.05, 0) is 0 Å². The molecule has 0 saturated heterocycles. The Morgan fingerprint density at radius 3 is 2.89 bits per heavy atom. The Morgan fingerprint density at radius 2 is 2.21 bits per heavy atom. The lowest BCUT2D eigenvalue weighted by Gasteiger charge is -2.08. The van der Waals surface area contributed by atoms with Crippen molar-refractivity contribution in [1.82, 2.24) is 15.0 Å². The summed E-state index contributed by atoms with van der Waals surface area (Å²) in [7, 11) is 1.60. The molecule has 0 atom stereocenters. The van der Waals surface area contributed by atoms with Gasteiger partial charge >= 0.3 is 0 Å². The Kier molecular flexibility index (Phi) is 5.01. The number of nitrogen functional groups attached to an aromatic ring is 1. The topological polar surface area (TPSA) is 98.0 Å². The maximum Gasteiger partial charge on any atom is 0.158 e. The van der Waals surface area contributed by atoms with Gasteiger partial charge in [-0.2, -0.15) is 0 Å². The van der Waals surface area contributed by atoms with Crippen molar-refractivity contribution in [3.05, 3.63) is 28.5 Å². The van der Waals surface area contributed by atoms with Crippen molar-refractivity contribution in [2.24, 2.45) is 5.84 Å². The molecule has 0 aliphatic carbocycles. The number of hydrogen-bond acceptors (Lipinski definition) is 8. The van der Waals surface area contributed by atoms with Crippen molar-refractivity contribution in [2.75, 3.05) is 24.4 Å². The van der Waals surface area contributed by atoms with Crippen LogP contribution >= 0.6 is 11.3 Å². The van der Waals surface area contributed by atoms with Crippen LogP contribution in [0.4, 0.5) is 11.6 Å². The second-order valence-corrected chi connectivity index (χ2v) is 4.51. The number of aromatic nitrogens is 3. The zero-order chi connectivity index (χ0) is 13.5. The minimum absolute atomic E-state index is 0.344. The molecule has 2 rings (SSSR count). The fourth-order valence-electron chi connectivity index (χ4n) is 1.53. The SMILES string of the molecule is COCc1nc(NN)cc(NCCc2cscn2)n1. The molecule has 0 amide bonds. The quantitative estimate of drug-likeness (QED) is 0.514. The first-order valence-electron chi connectivity index (χ1n) is 5.76. The molecule has 0 aliphatic rings. The molecule has 0 radical (unpaired) electrons. The average molecular weight is 280 g/mol. The third-order valence-corrected chi connectivity index (χ3v) is 3.00. The van der Waals surface area contributed by atoms with Gasteiger partial charge in [-0.3, -0.25) is 0 Å². The van der Waals surface area contributed by atoms with E-state index in [1.807, 2.05) is 10.9 Å². The first-order valence-corrected chi connectivity index (χ1v) is 6.70. The molecule has 0 fully saturated rings. The first-order chi connectivity index (χ1) is 9.31. The van der Waals surface area contributed by atoms with Crippen molar-refractivity contribution in [1.29, 1.82) is 0 Å². The molecule has 2 heterocycles. The summed E-state index contributed by atoms with van der Waals surface area (Å²) in [4.78, 5) is 12.7. The molecule has 102 valence electrons. The van der Waals surface area contributed by atoms with Crippen LogP contribution in [0.15, 0.2) is 17.0 Å². The molecule has 19 heavy (non-hydrogen) atoms. The van der Waals surface area contributed by atoms with E-state index in [1.165, 1.54) is 0 Å². The zero-order valence-corrected chi connectivity index (χ0v) is 11.4. The van der Waals surface area contributed by atoms with Gasteiger partial charge in [-0.25, -0.2) is 20.8 Å². The number of rotatable bonds is 7. The fourth-order valence-corrected chi connectivity index (χ4v) is 2.13. The Bertz CT molecular complexity index is 504. The van der Waals surface area contributed by atoms with Crippen molar-refractivity contribution in [3.63, 3.8) is 0 Å². The molecule has 0 aliphatic heterocycles. The van der Waals surface area contributed by atoms with Gasteiger partial charge in [0.25, 0.3) is 0 Å². The van der Waals surface area contributed by atoms with E-state index in [0.29, 0.717) is 24.1 Å². The summed E-state index contributed by atoms with van der Waals surface area (Å²) < 4.78 is 5.02. The summed E-state index contributed by atoms with van der Waals surface area (Å²) in [5.41, 5.74) is 5.41. The van der Waals surface area contributed by atoms with E-state index in [2.05, 4.69) is 25.7 Å². The van der Waals surface area contributed by atoms with Crippen LogP contribution in [0.3, 0.4) is 0 Å². The second kappa shape index (κ2) is 6.98. The maximum atomic E-state index is 5.37. The van der Waals surface area contributed by atoms with Gasteiger partial charge in [0, 0.05) is 31.5 Å².